The molecule has 2 aromatic heterocycles. The van der Waals surface area contributed by atoms with E-state index < -0.39 is 0 Å². The van der Waals surface area contributed by atoms with Gasteiger partial charge in [-0.3, -0.25) is 4.99 Å². The second kappa shape index (κ2) is 5.78. The van der Waals surface area contributed by atoms with Crippen LogP contribution in [0.25, 0.3) is 11.2 Å². The number of hydrogen-bond donors (Lipinski definition) is 1. The molecule has 0 aliphatic carbocycles. The van der Waals surface area contributed by atoms with Gasteiger partial charge in [-0.2, -0.15) is 4.73 Å². The van der Waals surface area contributed by atoms with Gasteiger partial charge in [0.25, 0.3) is 0 Å². The Kier molecular flexibility index (Phi) is 3.68. The number of nitrogens with zero attached hydrogens (tertiary/aromatic N) is 4. The quantitative estimate of drug-likeness (QED) is 0.785. The molecule has 0 amide bonds. The summed E-state index contributed by atoms with van der Waals surface area (Å²) in [6, 6.07) is 10.2. The summed E-state index contributed by atoms with van der Waals surface area (Å²) in [6.45, 7) is 2.65. The number of imidazole rings is 1. The van der Waals surface area contributed by atoms with Gasteiger partial charge < -0.3 is 9.82 Å². The van der Waals surface area contributed by atoms with Crippen molar-refractivity contribution in [1.29, 1.82) is 0 Å². The monoisotopic (exact) mass is 283 g/mol. The molecule has 0 atom stereocenters. The molecule has 0 unspecified atom stereocenters. The fraction of sp³-hybridized carbons (Fsp3) is 0.267. The van der Waals surface area contributed by atoms with E-state index in [1.165, 1.54) is 10.3 Å². The lowest BCUT2D eigenvalue weighted by molar-refractivity contribution is 0.172. The van der Waals surface area contributed by atoms with E-state index in [0.29, 0.717) is 17.7 Å². The van der Waals surface area contributed by atoms with Crippen molar-refractivity contribution in [3.63, 3.8) is 0 Å². The molecule has 1 aromatic carbocycles. The van der Waals surface area contributed by atoms with E-state index in [4.69, 9.17) is 4.84 Å². The summed E-state index contributed by atoms with van der Waals surface area (Å²) in [5, 5.41) is 0. The van der Waals surface area contributed by atoms with Gasteiger partial charge in [-0.15, -0.1) is 0 Å². The minimum atomic E-state index is 0.660. The van der Waals surface area contributed by atoms with Crippen LogP contribution in [0.2, 0.25) is 0 Å². The van der Waals surface area contributed by atoms with Crippen molar-refractivity contribution < 1.29 is 4.84 Å². The molecule has 108 valence electrons. The molecule has 3 rings (SSSR count). The normalized spacial score (nSPS) is 12.0. The van der Waals surface area contributed by atoms with Crippen LogP contribution in [0.3, 0.4) is 0 Å². The molecule has 0 bridgehead atoms. The van der Waals surface area contributed by atoms with E-state index in [0.717, 1.165) is 17.8 Å². The van der Waals surface area contributed by atoms with Gasteiger partial charge >= 0.3 is 0 Å². The molecule has 0 aliphatic heterocycles. The van der Waals surface area contributed by atoms with Gasteiger partial charge in [-0.05, 0) is 12.5 Å². The Morgan fingerprint density at radius 3 is 2.81 bits per heavy atom. The van der Waals surface area contributed by atoms with Crippen LogP contribution >= 0.6 is 0 Å². The number of nitrogens with one attached hydrogen (secondary N) is 1. The fourth-order valence-electron chi connectivity index (χ4n) is 2.23. The van der Waals surface area contributed by atoms with Crippen LogP contribution in [0.4, 0.5) is 0 Å². The zero-order valence-corrected chi connectivity index (χ0v) is 12.1. The van der Waals surface area contributed by atoms with Crippen molar-refractivity contribution in [3.05, 3.63) is 53.5 Å². The molecule has 2 heterocycles. The molecule has 0 spiro atoms. The lowest BCUT2D eigenvalue weighted by atomic mass is 10.1. The molecule has 0 saturated carbocycles. The highest BCUT2D eigenvalue weighted by Crippen LogP contribution is 2.10. The number of rotatable bonds is 4. The highest BCUT2D eigenvalue weighted by atomic mass is 16.6. The fourth-order valence-corrected chi connectivity index (χ4v) is 2.23. The van der Waals surface area contributed by atoms with Crippen molar-refractivity contribution in [2.45, 2.75) is 13.3 Å². The van der Waals surface area contributed by atoms with Gasteiger partial charge in [0, 0.05) is 13.0 Å². The maximum atomic E-state index is 5.25. The third kappa shape index (κ3) is 2.65. The van der Waals surface area contributed by atoms with Crippen molar-refractivity contribution >= 4 is 11.2 Å². The molecule has 0 radical (unpaired) electrons. The predicted octanol–water partition coefficient (Wildman–Crippen LogP) is 1.33. The number of H-pyrrole nitrogens is 1. The zero-order valence-electron chi connectivity index (χ0n) is 12.1. The molecule has 0 saturated heterocycles. The van der Waals surface area contributed by atoms with E-state index >= 15 is 0 Å². The van der Waals surface area contributed by atoms with Crippen LogP contribution in [0.1, 0.15) is 18.3 Å². The second-order valence-corrected chi connectivity index (χ2v) is 4.60. The molecule has 21 heavy (non-hydrogen) atoms. The Bertz CT molecular complexity index is 804. The Labute approximate surface area is 122 Å². The average Bonchev–Trinajstić information content (AvgIpc) is 2.93. The molecule has 3 aromatic rings. The van der Waals surface area contributed by atoms with Crippen molar-refractivity contribution in [2.75, 3.05) is 13.7 Å². The van der Waals surface area contributed by atoms with Crippen LogP contribution in [0.5, 0.6) is 0 Å². The standard InChI is InChI=1S/C15H17N5O/c1-3-16-14-13-15(20(21-2)10-17-14)19-12(18-13)9-11-7-5-4-6-8-11/h4-8,10H,3,9H2,1-2H3,(H,18,19). The number of benzene rings is 1. The van der Waals surface area contributed by atoms with Crippen molar-refractivity contribution in [3.8, 4) is 0 Å². The first kappa shape index (κ1) is 13.4. The van der Waals surface area contributed by atoms with Crippen LogP contribution in [-0.4, -0.2) is 33.3 Å². The molecule has 0 aliphatic rings. The van der Waals surface area contributed by atoms with Crippen molar-refractivity contribution in [1.82, 2.24) is 19.7 Å². The topological polar surface area (TPSA) is 68.1 Å². The Morgan fingerprint density at radius 1 is 1.29 bits per heavy atom. The lowest BCUT2D eigenvalue weighted by Gasteiger charge is -2.02. The van der Waals surface area contributed by atoms with E-state index in [9.17, 15) is 0 Å². The molecular formula is C15H17N5O. The maximum Gasteiger partial charge on any atom is 0.199 e. The number of hydrogen-bond acceptors (Lipinski definition) is 4. The van der Waals surface area contributed by atoms with Gasteiger partial charge in [0.2, 0.25) is 0 Å². The summed E-state index contributed by atoms with van der Waals surface area (Å²) >= 11 is 0. The Hall–Kier alpha value is -2.63. The van der Waals surface area contributed by atoms with Gasteiger partial charge in [-0.25, -0.2) is 9.97 Å². The summed E-state index contributed by atoms with van der Waals surface area (Å²) in [7, 11) is 1.59. The number of aromatic amines is 1. The van der Waals surface area contributed by atoms with Crippen LogP contribution < -0.4 is 10.3 Å². The van der Waals surface area contributed by atoms with E-state index in [1.807, 2.05) is 25.1 Å². The molecule has 6 heteroatoms. The Morgan fingerprint density at radius 2 is 2.10 bits per heavy atom. The van der Waals surface area contributed by atoms with E-state index in [2.05, 4.69) is 32.1 Å². The average molecular weight is 283 g/mol. The van der Waals surface area contributed by atoms with Gasteiger partial charge in [0.05, 0.1) is 0 Å². The summed E-state index contributed by atoms with van der Waals surface area (Å²) < 4.78 is 1.54. The minimum Gasteiger partial charge on any atom is -0.414 e. The number of fused-ring (bicyclic) bond motifs is 1. The molecule has 1 N–H and O–H groups in total. The summed E-state index contributed by atoms with van der Waals surface area (Å²) in [4.78, 5) is 21.8. The first-order valence-corrected chi connectivity index (χ1v) is 6.87. The molecule has 0 fully saturated rings. The van der Waals surface area contributed by atoms with Crippen molar-refractivity contribution in [2.24, 2.45) is 4.99 Å². The first-order chi connectivity index (χ1) is 10.3. The smallest absolute Gasteiger partial charge is 0.199 e. The summed E-state index contributed by atoms with van der Waals surface area (Å²) in [5.41, 5.74) is 3.35. The SMILES string of the molecule is CCN=c1ncn(OC)c2nc(Cc3ccccc3)[nH]c12. The molecule has 6 nitrogen and oxygen atoms in total. The predicted molar refractivity (Wildman–Crippen MR) is 79.7 cm³/mol. The van der Waals surface area contributed by atoms with Gasteiger partial charge in [-0.1, -0.05) is 30.3 Å². The highest BCUT2D eigenvalue weighted by Gasteiger charge is 2.10. The van der Waals surface area contributed by atoms with Crippen LogP contribution in [0.15, 0.2) is 41.7 Å². The zero-order chi connectivity index (χ0) is 14.7. The maximum absolute atomic E-state index is 5.25. The summed E-state index contributed by atoms with van der Waals surface area (Å²) in [5.74, 6) is 0.863. The van der Waals surface area contributed by atoms with E-state index in [1.54, 1.807) is 13.4 Å². The van der Waals surface area contributed by atoms with Crippen LogP contribution in [-0.2, 0) is 6.42 Å². The Balaban J connectivity index is 2.10. The highest BCUT2D eigenvalue weighted by molar-refractivity contribution is 5.69. The largest absolute Gasteiger partial charge is 0.414 e. The van der Waals surface area contributed by atoms with Gasteiger partial charge in [0.15, 0.2) is 11.1 Å². The minimum absolute atomic E-state index is 0.660. The summed E-state index contributed by atoms with van der Waals surface area (Å²) in [6.07, 6.45) is 2.31. The molecular weight excluding hydrogens is 266 g/mol. The van der Waals surface area contributed by atoms with E-state index in [-0.39, 0.29) is 0 Å². The second-order valence-electron chi connectivity index (χ2n) is 4.60. The third-order valence-corrected chi connectivity index (χ3v) is 3.17. The number of aromatic nitrogens is 4. The lowest BCUT2D eigenvalue weighted by Crippen LogP contribution is -2.17. The van der Waals surface area contributed by atoms with Crippen LogP contribution in [0, 0.1) is 0 Å². The van der Waals surface area contributed by atoms with Gasteiger partial charge in [0.1, 0.15) is 24.8 Å². The third-order valence-electron chi connectivity index (χ3n) is 3.17. The first-order valence-electron chi connectivity index (χ1n) is 6.87.